The topological polar surface area (TPSA) is 46.6 Å². The lowest BCUT2D eigenvalue weighted by atomic mass is 10.1. The van der Waals surface area contributed by atoms with Gasteiger partial charge in [0.2, 0.25) is 0 Å². The largest absolute Gasteiger partial charge is 0.481 e. The molecule has 4 heteroatoms. The highest BCUT2D eigenvalue weighted by molar-refractivity contribution is 5.94. The highest BCUT2D eigenvalue weighted by Gasteiger charge is 2.21. The van der Waals surface area contributed by atoms with Crippen molar-refractivity contribution in [1.29, 1.82) is 0 Å². The number of likely N-dealkylation sites (N-methyl/N-ethyl adjacent to an activating group) is 1. The second-order valence-corrected chi connectivity index (χ2v) is 5.68. The molecule has 2 aromatic carbocycles. The average Bonchev–Trinajstić information content (AvgIpc) is 2.60. The van der Waals surface area contributed by atoms with Gasteiger partial charge in [0.05, 0.1) is 0 Å². The van der Waals surface area contributed by atoms with E-state index in [2.05, 4.69) is 0 Å². The summed E-state index contributed by atoms with van der Waals surface area (Å²) in [5, 5.41) is 0. The molecule has 2 aromatic rings. The zero-order valence-electron chi connectivity index (χ0n) is 14.4. The van der Waals surface area contributed by atoms with Crippen LogP contribution in [0.25, 0.3) is 0 Å². The van der Waals surface area contributed by atoms with E-state index in [1.807, 2.05) is 37.3 Å². The van der Waals surface area contributed by atoms with Crippen molar-refractivity contribution in [2.24, 2.45) is 0 Å². The molecule has 0 heterocycles. The van der Waals surface area contributed by atoms with Gasteiger partial charge in [-0.3, -0.25) is 9.59 Å². The summed E-state index contributed by atoms with van der Waals surface area (Å²) in [6, 6.07) is 16.8. The van der Waals surface area contributed by atoms with Crippen molar-refractivity contribution in [1.82, 2.24) is 4.90 Å². The van der Waals surface area contributed by atoms with Gasteiger partial charge in [-0.1, -0.05) is 42.5 Å². The van der Waals surface area contributed by atoms with Gasteiger partial charge >= 0.3 is 0 Å². The van der Waals surface area contributed by atoms with Crippen LogP contribution in [0, 0.1) is 0 Å². The second kappa shape index (κ2) is 8.29. The number of Topliss-reactive ketones (excluding diaryl/α,β-unsaturated/α-hetero) is 1. The Morgan fingerprint density at radius 3 is 2.42 bits per heavy atom. The molecule has 2 rings (SSSR count). The molecular formula is C20H23NO3. The van der Waals surface area contributed by atoms with Crippen molar-refractivity contribution >= 4 is 11.7 Å². The molecule has 1 atom stereocenters. The number of ketones is 1. The molecule has 0 aliphatic carbocycles. The quantitative estimate of drug-likeness (QED) is 0.729. The number of hydrogen-bond acceptors (Lipinski definition) is 3. The molecule has 4 nitrogen and oxygen atoms in total. The van der Waals surface area contributed by atoms with Gasteiger partial charge in [0.1, 0.15) is 5.75 Å². The molecular weight excluding hydrogens is 302 g/mol. The number of amides is 1. The summed E-state index contributed by atoms with van der Waals surface area (Å²) >= 11 is 0. The number of carbonyl (C=O) groups excluding carboxylic acids is 2. The molecule has 0 radical (unpaired) electrons. The van der Waals surface area contributed by atoms with Crippen molar-refractivity contribution in [2.45, 2.75) is 33.4 Å². The van der Waals surface area contributed by atoms with E-state index in [0.717, 1.165) is 5.56 Å². The minimum Gasteiger partial charge on any atom is -0.481 e. The normalized spacial score (nSPS) is 11.6. The van der Waals surface area contributed by atoms with Crippen molar-refractivity contribution in [3.8, 4) is 5.75 Å². The van der Waals surface area contributed by atoms with Gasteiger partial charge in [0.15, 0.2) is 11.9 Å². The van der Waals surface area contributed by atoms with Crippen molar-refractivity contribution in [3.63, 3.8) is 0 Å². The third-order valence-corrected chi connectivity index (χ3v) is 3.81. The maximum atomic E-state index is 12.6. The zero-order valence-corrected chi connectivity index (χ0v) is 14.4. The van der Waals surface area contributed by atoms with Crippen LogP contribution in [0.2, 0.25) is 0 Å². The monoisotopic (exact) mass is 325 g/mol. The summed E-state index contributed by atoms with van der Waals surface area (Å²) in [6.45, 7) is 6.35. The molecule has 0 saturated heterocycles. The van der Waals surface area contributed by atoms with E-state index < -0.39 is 6.10 Å². The van der Waals surface area contributed by atoms with E-state index in [1.54, 1.807) is 36.1 Å². The fourth-order valence-corrected chi connectivity index (χ4v) is 2.45. The lowest BCUT2D eigenvalue weighted by molar-refractivity contribution is -0.138. The molecule has 0 spiro atoms. The fourth-order valence-electron chi connectivity index (χ4n) is 2.45. The van der Waals surface area contributed by atoms with Crippen LogP contribution in [0.5, 0.6) is 5.75 Å². The molecule has 1 amide bonds. The summed E-state index contributed by atoms with van der Waals surface area (Å²) in [7, 11) is 0. The van der Waals surface area contributed by atoms with Crippen LogP contribution < -0.4 is 4.74 Å². The van der Waals surface area contributed by atoms with E-state index >= 15 is 0 Å². The van der Waals surface area contributed by atoms with Gasteiger partial charge in [0, 0.05) is 18.7 Å². The molecule has 0 N–H and O–H groups in total. The summed E-state index contributed by atoms with van der Waals surface area (Å²) < 4.78 is 5.74. The lowest BCUT2D eigenvalue weighted by Crippen LogP contribution is -2.40. The first-order chi connectivity index (χ1) is 11.5. The van der Waals surface area contributed by atoms with Crippen LogP contribution >= 0.6 is 0 Å². The highest BCUT2D eigenvalue weighted by atomic mass is 16.5. The molecule has 0 fully saturated rings. The van der Waals surface area contributed by atoms with Crippen LogP contribution in [-0.2, 0) is 11.3 Å². The Hall–Kier alpha value is -2.62. The van der Waals surface area contributed by atoms with E-state index in [-0.39, 0.29) is 11.7 Å². The third kappa shape index (κ3) is 4.69. The van der Waals surface area contributed by atoms with Crippen LogP contribution in [0.15, 0.2) is 54.6 Å². The van der Waals surface area contributed by atoms with E-state index in [0.29, 0.717) is 24.4 Å². The van der Waals surface area contributed by atoms with E-state index in [4.69, 9.17) is 4.74 Å². The number of rotatable bonds is 7. The molecule has 0 bridgehead atoms. The molecule has 24 heavy (non-hydrogen) atoms. The second-order valence-electron chi connectivity index (χ2n) is 5.68. The summed E-state index contributed by atoms with van der Waals surface area (Å²) in [6.07, 6.45) is -0.615. The van der Waals surface area contributed by atoms with Crippen LogP contribution in [0.1, 0.15) is 36.7 Å². The van der Waals surface area contributed by atoms with Crippen LogP contribution in [0.3, 0.4) is 0 Å². The first-order valence-corrected chi connectivity index (χ1v) is 8.11. The predicted molar refractivity (Wildman–Crippen MR) is 94.1 cm³/mol. The van der Waals surface area contributed by atoms with Crippen molar-refractivity contribution in [3.05, 3.63) is 65.7 Å². The highest BCUT2D eigenvalue weighted by Crippen LogP contribution is 2.17. The number of benzene rings is 2. The number of hydrogen-bond donors (Lipinski definition) is 0. The smallest absolute Gasteiger partial charge is 0.263 e. The minimum absolute atomic E-state index is 0.0290. The number of carbonyl (C=O) groups is 2. The Labute approximate surface area is 143 Å². The van der Waals surface area contributed by atoms with E-state index in [9.17, 15) is 9.59 Å². The number of ether oxygens (including phenoxy) is 1. The van der Waals surface area contributed by atoms with Gasteiger partial charge in [0.25, 0.3) is 5.91 Å². The van der Waals surface area contributed by atoms with Gasteiger partial charge < -0.3 is 9.64 Å². The Balaban J connectivity index is 2.04. The SMILES string of the molecule is CCN(Cc1ccccc1)C(=O)C(C)Oc1cccc(C(C)=O)c1. The summed E-state index contributed by atoms with van der Waals surface area (Å²) in [5.41, 5.74) is 1.65. The zero-order chi connectivity index (χ0) is 17.5. The Morgan fingerprint density at radius 2 is 1.79 bits per heavy atom. The van der Waals surface area contributed by atoms with Crippen LogP contribution in [0.4, 0.5) is 0 Å². The van der Waals surface area contributed by atoms with Gasteiger partial charge in [-0.2, -0.15) is 0 Å². The van der Waals surface area contributed by atoms with E-state index in [1.165, 1.54) is 6.92 Å². The number of nitrogens with zero attached hydrogens (tertiary/aromatic N) is 1. The molecule has 0 saturated carbocycles. The third-order valence-electron chi connectivity index (χ3n) is 3.81. The molecule has 0 aromatic heterocycles. The minimum atomic E-state index is -0.615. The average molecular weight is 325 g/mol. The fraction of sp³-hybridized carbons (Fsp3) is 0.300. The first kappa shape index (κ1) is 17.7. The Kier molecular flexibility index (Phi) is 6.13. The van der Waals surface area contributed by atoms with Gasteiger partial charge in [-0.05, 0) is 38.5 Å². The molecule has 0 aliphatic heterocycles. The van der Waals surface area contributed by atoms with Gasteiger partial charge in [-0.15, -0.1) is 0 Å². The summed E-state index contributed by atoms with van der Waals surface area (Å²) in [4.78, 5) is 25.8. The van der Waals surface area contributed by atoms with Crippen molar-refractivity contribution < 1.29 is 14.3 Å². The molecule has 126 valence electrons. The first-order valence-electron chi connectivity index (χ1n) is 8.11. The molecule has 0 aliphatic rings. The predicted octanol–water partition coefficient (Wildman–Crippen LogP) is 3.71. The maximum Gasteiger partial charge on any atom is 0.263 e. The van der Waals surface area contributed by atoms with Crippen LogP contribution in [-0.4, -0.2) is 29.2 Å². The maximum absolute atomic E-state index is 12.6. The Bertz CT molecular complexity index is 697. The molecule has 1 unspecified atom stereocenters. The standard InChI is InChI=1S/C20H23NO3/c1-4-21(14-17-9-6-5-7-10-17)20(23)16(3)24-19-12-8-11-18(13-19)15(2)22/h5-13,16H,4,14H2,1-3H3. The van der Waals surface area contributed by atoms with Gasteiger partial charge in [-0.25, -0.2) is 0 Å². The Morgan fingerprint density at radius 1 is 1.08 bits per heavy atom. The van der Waals surface area contributed by atoms with Crippen molar-refractivity contribution in [2.75, 3.05) is 6.54 Å². The summed E-state index contributed by atoms with van der Waals surface area (Å²) in [5.74, 6) is 0.424. The lowest BCUT2D eigenvalue weighted by Gasteiger charge is -2.25.